The Morgan fingerprint density at radius 2 is 1.61 bits per heavy atom. The van der Waals surface area contributed by atoms with Gasteiger partial charge in [0, 0.05) is 11.3 Å². The van der Waals surface area contributed by atoms with Gasteiger partial charge in [0.25, 0.3) is 5.91 Å². The Bertz CT molecular complexity index is 834. The first-order chi connectivity index (χ1) is 13.0. The minimum atomic E-state index is -4.88. The number of benzene rings is 2. The molecule has 0 aliphatic rings. The molecule has 0 aromatic heterocycles. The first kappa shape index (κ1) is 21.1. The standard InChI is InChI=1S/C19H20F3N3O3/c1-18(2,3)25(24-17(27)23-14-9-5-4-6-10-14)16(26)13-8-7-11-15(12-13)28-19(20,21)22/h4-12H,1-3H3,(H2,23,24,27). The third-order valence-electron chi connectivity index (χ3n) is 3.43. The number of alkyl halides is 3. The summed E-state index contributed by atoms with van der Waals surface area (Å²) < 4.78 is 41.1. The fourth-order valence-corrected chi connectivity index (χ4v) is 2.26. The fraction of sp³-hybridized carbons (Fsp3) is 0.263. The van der Waals surface area contributed by atoms with E-state index in [1.807, 2.05) is 0 Å². The van der Waals surface area contributed by atoms with Gasteiger partial charge in [0.1, 0.15) is 5.75 Å². The highest BCUT2D eigenvalue weighted by Crippen LogP contribution is 2.24. The number of nitrogens with zero attached hydrogens (tertiary/aromatic N) is 1. The van der Waals surface area contributed by atoms with E-state index in [1.165, 1.54) is 12.1 Å². The van der Waals surface area contributed by atoms with Crippen molar-refractivity contribution >= 4 is 17.6 Å². The van der Waals surface area contributed by atoms with Crippen LogP contribution < -0.4 is 15.5 Å². The molecule has 3 amide bonds. The van der Waals surface area contributed by atoms with E-state index < -0.39 is 29.6 Å². The van der Waals surface area contributed by atoms with Crippen LogP contribution in [0.3, 0.4) is 0 Å². The van der Waals surface area contributed by atoms with Crippen molar-refractivity contribution in [1.29, 1.82) is 0 Å². The zero-order valence-corrected chi connectivity index (χ0v) is 15.5. The van der Waals surface area contributed by atoms with E-state index in [1.54, 1.807) is 51.1 Å². The zero-order chi connectivity index (χ0) is 20.9. The van der Waals surface area contributed by atoms with Gasteiger partial charge in [-0.2, -0.15) is 0 Å². The van der Waals surface area contributed by atoms with Crippen LogP contribution in [0.25, 0.3) is 0 Å². The number of amides is 3. The van der Waals surface area contributed by atoms with Crippen molar-refractivity contribution in [2.75, 3.05) is 5.32 Å². The fourth-order valence-electron chi connectivity index (χ4n) is 2.26. The maximum atomic E-state index is 12.8. The molecule has 6 nitrogen and oxygen atoms in total. The van der Waals surface area contributed by atoms with Crippen molar-refractivity contribution < 1.29 is 27.5 Å². The van der Waals surface area contributed by atoms with E-state index in [9.17, 15) is 22.8 Å². The first-order valence-corrected chi connectivity index (χ1v) is 8.29. The Morgan fingerprint density at radius 3 is 2.18 bits per heavy atom. The summed E-state index contributed by atoms with van der Waals surface area (Å²) in [6.07, 6.45) is -4.88. The van der Waals surface area contributed by atoms with Gasteiger partial charge in [-0.1, -0.05) is 24.3 Å². The van der Waals surface area contributed by atoms with Crippen LogP contribution in [-0.2, 0) is 0 Å². The predicted molar refractivity (Wildman–Crippen MR) is 97.6 cm³/mol. The highest BCUT2D eigenvalue weighted by Gasteiger charge is 2.33. The molecule has 0 saturated carbocycles. The Kier molecular flexibility index (Phi) is 6.17. The molecule has 0 aliphatic carbocycles. The lowest BCUT2D eigenvalue weighted by Gasteiger charge is -2.35. The van der Waals surface area contributed by atoms with Crippen molar-refractivity contribution in [3.63, 3.8) is 0 Å². The lowest BCUT2D eigenvalue weighted by Crippen LogP contribution is -2.56. The smallest absolute Gasteiger partial charge is 0.406 e. The van der Waals surface area contributed by atoms with Gasteiger partial charge in [0.05, 0.1) is 5.54 Å². The van der Waals surface area contributed by atoms with Gasteiger partial charge in [0.2, 0.25) is 0 Å². The Morgan fingerprint density at radius 1 is 0.964 bits per heavy atom. The summed E-state index contributed by atoms with van der Waals surface area (Å²) in [5.41, 5.74) is 2.03. The van der Waals surface area contributed by atoms with Crippen molar-refractivity contribution in [2.24, 2.45) is 0 Å². The van der Waals surface area contributed by atoms with Crippen LogP contribution in [-0.4, -0.2) is 28.8 Å². The van der Waals surface area contributed by atoms with Crippen molar-refractivity contribution in [1.82, 2.24) is 10.4 Å². The SMILES string of the molecule is CC(C)(C)N(NC(=O)Nc1ccccc1)C(=O)c1cccc(OC(F)(F)F)c1. The molecule has 28 heavy (non-hydrogen) atoms. The molecule has 150 valence electrons. The number of hydrogen-bond donors (Lipinski definition) is 2. The molecule has 0 radical (unpaired) electrons. The molecule has 2 aromatic rings. The normalized spacial score (nSPS) is 11.5. The molecule has 2 aromatic carbocycles. The molecule has 0 fully saturated rings. The van der Waals surface area contributed by atoms with E-state index in [2.05, 4.69) is 15.5 Å². The molecule has 0 unspecified atom stereocenters. The maximum absolute atomic E-state index is 12.8. The van der Waals surface area contributed by atoms with Gasteiger partial charge in [-0.25, -0.2) is 15.2 Å². The van der Waals surface area contributed by atoms with Gasteiger partial charge in [-0.15, -0.1) is 13.2 Å². The lowest BCUT2D eigenvalue weighted by molar-refractivity contribution is -0.274. The Hall–Kier alpha value is -3.23. The molecule has 2 rings (SSSR count). The van der Waals surface area contributed by atoms with E-state index >= 15 is 0 Å². The number of hydrazine groups is 1. The lowest BCUT2D eigenvalue weighted by atomic mass is 10.1. The number of ether oxygens (including phenoxy) is 1. The van der Waals surface area contributed by atoms with Gasteiger partial charge in [-0.3, -0.25) is 4.79 Å². The number of hydrogen-bond acceptors (Lipinski definition) is 3. The molecule has 0 heterocycles. The largest absolute Gasteiger partial charge is 0.573 e. The summed E-state index contributed by atoms with van der Waals surface area (Å²) in [6, 6.07) is 12.6. The summed E-state index contributed by atoms with van der Waals surface area (Å²) in [7, 11) is 0. The summed E-state index contributed by atoms with van der Waals surface area (Å²) in [5, 5.41) is 3.62. The van der Waals surface area contributed by atoms with Crippen molar-refractivity contribution in [2.45, 2.75) is 32.7 Å². The molecular weight excluding hydrogens is 375 g/mol. The number of carbonyl (C=O) groups excluding carboxylic acids is 2. The third kappa shape index (κ3) is 6.19. The quantitative estimate of drug-likeness (QED) is 0.749. The van der Waals surface area contributed by atoms with Crippen LogP contribution in [0.1, 0.15) is 31.1 Å². The number of para-hydroxylation sites is 1. The molecular formula is C19H20F3N3O3. The topological polar surface area (TPSA) is 70.7 Å². The number of halogens is 3. The highest BCUT2D eigenvalue weighted by atomic mass is 19.4. The van der Waals surface area contributed by atoms with Crippen molar-refractivity contribution in [3.8, 4) is 5.75 Å². The van der Waals surface area contributed by atoms with Crippen LogP contribution in [0, 0.1) is 0 Å². The number of rotatable bonds is 3. The summed E-state index contributed by atoms with van der Waals surface area (Å²) in [4.78, 5) is 25.1. The van der Waals surface area contributed by atoms with Crippen LogP contribution in [0.5, 0.6) is 5.75 Å². The maximum Gasteiger partial charge on any atom is 0.573 e. The molecule has 0 atom stereocenters. The van der Waals surface area contributed by atoms with Crippen LogP contribution in [0.2, 0.25) is 0 Å². The Labute approximate surface area is 160 Å². The molecule has 0 saturated heterocycles. The molecule has 2 N–H and O–H groups in total. The van der Waals surface area contributed by atoms with E-state index in [0.29, 0.717) is 5.69 Å². The predicted octanol–water partition coefficient (Wildman–Crippen LogP) is 4.56. The van der Waals surface area contributed by atoms with E-state index in [-0.39, 0.29) is 5.56 Å². The van der Waals surface area contributed by atoms with Gasteiger partial charge >= 0.3 is 12.4 Å². The molecule has 0 bridgehead atoms. The average molecular weight is 395 g/mol. The molecule has 0 spiro atoms. The average Bonchev–Trinajstić information content (AvgIpc) is 2.58. The highest BCUT2D eigenvalue weighted by molar-refractivity contribution is 5.97. The number of anilines is 1. The number of nitrogens with one attached hydrogen (secondary N) is 2. The minimum Gasteiger partial charge on any atom is -0.406 e. The Balaban J connectivity index is 2.20. The number of carbonyl (C=O) groups is 2. The van der Waals surface area contributed by atoms with Crippen LogP contribution in [0.4, 0.5) is 23.7 Å². The second-order valence-electron chi connectivity index (χ2n) is 6.82. The van der Waals surface area contributed by atoms with E-state index in [4.69, 9.17) is 0 Å². The first-order valence-electron chi connectivity index (χ1n) is 8.29. The summed E-state index contributed by atoms with van der Waals surface area (Å²) in [5.74, 6) is -1.22. The minimum absolute atomic E-state index is 0.0725. The van der Waals surface area contributed by atoms with Gasteiger partial charge in [0.15, 0.2) is 0 Å². The second-order valence-corrected chi connectivity index (χ2v) is 6.82. The van der Waals surface area contributed by atoms with Crippen LogP contribution in [0.15, 0.2) is 54.6 Å². The van der Waals surface area contributed by atoms with Gasteiger partial charge in [-0.05, 0) is 51.1 Å². The van der Waals surface area contributed by atoms with Gasteiger partial charge < -0.3 is 10.1 Å². The molecule has 9 heteroatoms. The van der Waals surface area contributed by atoms with Crippen LogP contribution >= 0.6 is 0 Å². The molecule has 0 aliphatic heterocycles. The van der Waals surface area contributed by atoms with E-state index in [0.717, 1.165) is 17.1 Å². The zero-order valence-electron chi connectivity index (χ0n) is 15.5. The second kappa shape index (κ2) is 8.20. The number of urea groups is 1. The summed E-state index contributed by atoms with van der Waals surface area (Å²) in [6.45, 7) is 5.01. The van der Waals surface area contributed by atoms with Crippen molar-refractivity contribution in [3.05, 3.63) is 60.2 Å². The third-order valence-corrected chi connectivity index (χ3v) is 3.43. The summed E-state index contributed by atoms with van der Waals surface area (Å²) >= 11 is 0. The monoisotopic (exact) mass is 395 g/mol.